The lowest BCUT2D eigenvalue weighted by molar-refractivity contribution is 0.101. The molecule has 1 aromatic heterocycles. The van der Waals surface area contributed by atoms with E-state index in [0.29, 0.717) is 17.1 Å². The van der Waals surface area contributed by atoms with Crippen LogP contribution >= 0.6 is 15.9 Å². The van der Waals surface area contributed by atoms with E-state index in [0.717, 1.165) is 4.47 Å². The summed E-state index contributed by atoms with van der Waals surface area (Å²) in [6.07, 6.45) is 3.34. The third-order valence-electron chi connectivity index (χ3n) is 2.23. The van der Waals surface area contributed by atoms with Crippen molar-refractivity contribution in [2.75, 3.05) is 0 Å². The van der Waals surface area contributed by atoms with E-state index < -0.39 is 0 Å². The highest BCUT2D eigenvalue weighted by Crippen LogP contribution is 2.28. The molecule has 0 radical (unpaired) electrons. The predicted molar refractivity (Wildman–Crippen MR) is 67.4 cm³/mol. The van der Waals surface area contributed by atoms with E-state index in [9.17, 15) is 4.79 Å². The summed E-state index contributed by atoms with van der Waals surface area (Å²) in [5.74, 6) is 1.10. The molecule has 0 saturated heterocycles. The van der Waals surface area contributed by atoms with Crippen molar-refractivity contribution in [3.05, 3.63) is 40.6 Å². The van der Waals surface area contributed by atoms with Gasteiger partial charge in [-0.1, -0.05) is 15.9 Å². The van der Waals surface area contributed by atoms with Crippen molar-refractivity contribution in [2.45, 2.75) is 6.92 Å². The number of halogens is 1. The first kappa shape index (κ1) is 11.9. The normalized spacial score (nSPS) is 10.3. The van der Waals surface area contributed by atoms with E-state index >= 15 is 0 Å². The smallest absolute Gasteiger partial charge is 0.165 e. The Morgan fingerprint density at radius 2 is 2.24 bits per heavy atom. The number of hydrogen-bond acceptors (Lipinski definition) is 3. The molecular formula is C12H11BrN2O2. The summed E-state index contributed by atoms with van der Waals surface area (Å²) in [4.78, 5) is 11.5. The summed E-state index contributed by atoms with van der Waals surface area (Å²) in [6.45, 7) is 1.51. The Hall–Kier alpha value is -1.62. The number of carbonyl (C=O) groups is 1. The Kier molecular flexibility index (Phi) is 3.28. The first-order chi connectivity index (χ1) is 8.06. The molecule has 0 amide bonds. The Morgan fingerprint density at radius 1 is 1.47 bits per heavy atom. The average molecular weight is 295 g/mol. The van der Waals surface area contributed by atoms with Crippen LogP contribution in [0.4, 0.5) is 0 Å². The van der Waals surface area contributed by atoms with Crippen LogP contribution in [0.25, 0.3) is 0 Å². The molecule has 0 spiro atoms. The fourth-order valence-electron chi connectivity index (χ4n) is 1.45. The molecule has 2 aromatic rings. The number of aryl methyl sites for hydroxylation is 1. The van der Waals surface area contributed by atoms with Crippen LogP contribution in [0, 0.1) is 0 Å². The lowest BCUT2D eigenvalue weighted by atomic mass is 10.1. The Morgan fingerprint density at radius 3 is 2.82 bits per heavy atom. The topological polar surface area (TPSA) is 44.1 Å². The maximum atomic E-state index is 11.5. The number of benzene rings is 1. The molecule has 88 valence electrons. The van der Waals surface area contributed by atoms with Gasteiger partial charge in [0, 0.05) is 11.5 Å². The molecule has 2 rings (SSSR count). The highest BCUT2D eigenvalue weighted by atomic mass is 79.9. The number of ether oxygens (including phenoxy) is 1. The van der Waals surface area contributed by atoms with Gasteiger partial charge in [-0.15, -0.1) is 0 Å². The van der Waals surface area contributed by atoms with Gasteiger partial charge in [0.1, 0.15) is 5.75 Å². The Bertz CT molecular complexity index is 563. The van der Waals surface area contributed by atoms with Crippen LogP contribution < -0.4 is 4.74 Å². The number of hydrogen-bond donors (Lipinski definition) is 0. The number of ketones is 1. The third-order valence-corrected chi connectivity index (χ3v) is 2.73. The van der Waals surface area contributed by atoms with Crippen LogP contribution in [0.15, 0.2) is 35.1 Å². The average Bonchev–Trinajstić information content (AvgIpc) is 2.63. The van der Waals surface area contributed by atoms with Gasteiger partial charge in [-0.05, 0) is 25.1 Å². The molecule has 0 bridgehead atoms. The molecule has 0 unspecified atom stereocenters. The van der Waals surface area contributed by atoms with Gasteiger partial charge < -0.3 is 4.74 Å². The number of Topliss-reactive ketones (excluding diaryl/α,β-unsaturated/α-hetero) is 1. The fraction of sp³-hybridized carbons (Fsp3) is 0.167. The minimum Gasteiger partial charge on any atom is -0.453 e. The lowest BCUT2D eigenvalue weighted by Crippen LogP contribution is -1.96. The zero-order valence-electron chi connectivity index (χ0n) is 9.48. The molecule has 0 atom stereocenters. The van der Waals surface area contributed by atoms with Crippen LogP contribution in [0.5, 0.6) is 11.5 Å². The molecule has 0 N–H and O–H groups in total. The van der Waals surface area contributed by atoms with Crippen molar-refractivity contribution in [1.29, 1.82) is 0 Å². The van der Waals surface area contributed by atoms with E-state index in [1.54, 1.807) is 36.3 Å². The summed E-state index contributed by atoms with van der Waals surface area (Å²) < 4.78 is 8.14. The molecule has 5 heteroatoms. The molecule has 4 nitrogen and oxygen atoms in total. The second kappa shape index (κ2) is 4.71. The van der Waals surface area contributed by atoms with Gasteiger partial charge in [-0.2, -0.15) is 5.10 Å². The van der Waals surface area contributed by atoms with Gasteiger partial charge in [0.15, 0.2) is 11.5 Å². The van der Waals surface area contributed by atoms with Gasteiger partial charge >= 0.3 is 0 Å². The highest BCUT2D eigenvalue weighted by molar-refractivity contribution is 9.10. The lowest BCUT2D eigenvalue weighted by Gasteiger charge is -2.07. The SMILES string of the molecule is CC(=O)c1ccc(Br)cc1Oc1cnn(C)c1. The van der Waals surface area contributed by atoms with Crippen LogP contribution in [0.3, 0.4) is 0 Å². The molecule has 1 heterocycles. The second-order valence-corrected chi connectivity index (χ2v) is 4.56. The van der Waals surface area contributed by atoms with Gasteiger partial charge in [0.05, 0.1) is 18.0 Å². The predicted octanol–water partition coefficient (Wildman–Crippen LogP) is 3.18. The van der Waals surface area contributed by atoms with E-state index in [2.05, 4.69) is 21.0 Å². The molecule has 0 fully saturated rings. The summed E-state index contributed by atoms with van der Waals surface area (Å²) in [5, 5.41) is 4.00. The van der Waals surface area contributed by atoms with E-state index in [4.69, 9.17) is 4.74 Å². The number of carbonyl (C=O) groups excluding carboxylic acids is 1. The standard InChI is InChI=1S/C12H11BrN2O2/c1-8(16)11-4-3-9(13)5-12(11)17-10-6-14-15(2)7-10/h3-7H,1-2H3. The quantitative estimate of drug-likeness (QED) is 0.817. The zero-order valence-corrected chi connectivity index (χ0v) is 11.1. The first-order valence-electron chi connectivity index (χ1n) is 5.03. The van der Waals surface area contributed by atoms with Crippen molar-refractivity contribution in [2.24, 2.45) is 7.05 Å². The van der Waals surface area contributed by atoms with Crippen LogP contribution in [-0.4, -0.2) is 15.6 Å². The van der Waals surface area contributed by atoms with Gasteiger partial charge in [-0.3, -0.25) is 9.48 Å². The molecular weight excluding hydrogens is 284 g/mol. The van der Waals surface area contributed by atoms with Crippen molar-refractivity contribution in [3.63, 3.8) is 0 Å². The molecule has 0 aliphatic rings. The van der Waals surface area contributed by atoms with Crippen molar-refractivity contribution >= 4 is 21.7 Å². The maximum absolute atomic E-state index is 11.5. The van der Waals surface area contributed by atoms with E-state index in [1.165, 1.54) is 6.92 Å². The van der Waals surface area contributed by atoms with Gasteiger partial charge in [0.2, 0.25) is 0 Å². The van der Waals surface area contributed by atoms with Crippen LogP contribution in [0.1, 0.15) is 17.3 Å². The third kappa shape index (κ3) is 2.74. The molecule has 17 heavy (non-hydrogen) atoms. The Balaban J connectivity index is 2.37. The largest absolute Gasteiger partial charge is 0.453 e. The number of nitrogens with zero attached hydrogens (tertiary/aromatic N) is 2. The molecule has 0 aliphatic carbocycles. The van der Waals surface area contributed by atoms with Crippen molar-refractivity contribution < 1.29 is 9.53 Å². The highest BCUT2D eigenvalue weighted by Gasteiger charge is 2.10. The monoisotopic (exact) mass is 294 g/mol. The van der Waals surface area contributed by atoms with E-state index in [1.807, 2.05) is 6.07 Å². The summed E-state index contributed by atoms with van der Waals surface area (Å²) in [6, 6.07) is 5.31. The fourth-order valence-corrected chi connectivity index (χ4v) is 1.79. The minimum absolute atomic E-state index is 0.0311. The number of rotatable bonds is 3. The second-order valence-electron chi connectivity index (χ2n) is 3.65. The van der Waals surface area contributed by atoms with Crippen LogP contribution in [0.2, 0.25) is 0 Å². The number of aromatic nitrogens is 2. The van der Waals surface area contributed by atoms with Crippen molar-refractivity contribution in [3.8, 4) is 11.5 Å². The maximum Gasteiger partial charge on any atom is 0.165 e. The van der Waals surface area contributed by atoms with Gasteiger partial charge in [-0.25, -0.2) is 0 Å². The summed E-state index contributed by atoms with van der Waals surface area (Å²) in [5.41, 5.74) is 0.553. The zero-order chi connectivity index (χ0) is 12.4. The minimum atomic E-state index is -0.0311. The van der Waals surface area contributed by atoms with Crippen LogP contribution in [-0.2, 0) is 7.05 Å². The molecule has 1 aromatic carbocycles. The van der Waals surface area contributed by atoms with E-state index in [-0.39, 0.29) is 5.78 Å². The van der Waals surface area contributed by atoms with Gasteiger partial charge in [0.25, 0.3) is 0 Å². The summed E-state index contributed by atoms with van der Waals surface area (Å²) in [7, 11) is 1.81. The van der Waals surface area contributed by atoms with Crippen molar-refractivity contribution in [1.82, 2.24) is 9.78 Å². The molecule has 0 aliphatic heterocycles. The summed E-state index contributed by atoms with van der Waals surface area (Å²) >= 11 is 3.35. The first-order valence-corrected chi connectivity index (χ1v) is 5.82. The molecule has 0 saturated carbocycles. The Labute approximate surface area is 107 Å².